The Bertz CT molecular complexity index is 775. The molecule has 1 aromatic heterocycles. The van der Waals surface area contributed by atoms with Crippen molar-refractivity contribution in [3.05, 3.63) is 64.3 Å². The maximum absolute atomic E-state index is 12.2. The Labute approximate surface area is 125 Å². The number of nitrogens with one attached hydrogen (secondary N) is 2. The molecule has 0 saturated carbocycles. The summed E-state index contributed by atoms with van der Waals surface area (Å²) in [6.07, 6.45) is 1.83. The number of carbonyl (C=O) groups excluding carboxylic acids is 1. The maximum Gasteiger partial charge on any atom is 0.255 e. The van der Waals surface area contributed by atoms with E-state index in [0.717, 1.165) is 10.9 Å². The van der Waals surface area contributed by atoms with Crippen LogP contribution in [0.2, 0.25) is 10.0 Å². The van der Waals surface area contributed by atoms with Crippen LogP contribution < -0.4 is 5.32 Å². The Hall–Kier alpha value is -1.97. The van der Waals surface area contributed by atoms with Crippen molar-refractivity contribution < 1.29 is 4.79 Å². The van der Waals surface area contributed by atoms with Gasteiger partial charge >= 0.3 is 0 Å². The summed E-state index contributed by atoms with van der Waals surface area (Å²) in [6, 6.07) is 12.4. The Balaban J connectivity index is 1.92. The fraction of sp³-hybridized carbons (Fsp3) is 0. The van der Waals surface area contributed by atoms with Gasteiger partial charge in [0, 0.05) is 22.7 Å². The van der Waals surface area contributed by atoms with Crippen LogP contribution in [0.15, 0.2) is 48.7 Å². The number of hydrogen-bond acceptors (Lipinski definition) is 1. The summed E-state index contributed by atoms with van der Waals surface area (Å²) in [5.74, 6) is -0.247. The predicted octanol–water partition coefficient (Wildman–Crippen LogP) is 4.73. The van der Waals surface area contributed by atoms with Crippen molar-refractivity contribution in [2.45, 2.75) is 0 Å². The maximum atomic E-state index is 12.2. The van der Waals surface area contributed by atoms with E-state index in [2.05, 4.69) is 10.3 Å². The lowest BCUT2D eigenvalue weighted by molar-refractivity contribution is 0.102. The zero-order chi connectivity index (χ0) is 14.1. The Morgan fingerprint density at radius 2 is 1.80 bits per heavy atom. The highest BCUT2D eigenvalue weighted by Crippen LogP contribution is 2.30. The van der Waals surface area contributed by atoms with Crippen molar-refractivity contribution in [1.82, 2.24) is 4.98 Å². The normalized spacial score (nSPS) is 10.7. The third-order valence-corrected chi connectivity index (χ3v) is 3.65. The average molecular weight is 305 g/mol. The molecule has 0 fully saturated rings. The number of amides is 1. The third-order valence-electron chi connectivity index (χ3n) is 3.02. The first-order chi connectivity index (χ1) is 9.65. The van der Waals surface area contributed by atoms with Crippen LogP contribution in [0.25, 0.3) is 10.9 Å². The molecule has 2 aromatic carbocycles. The molecule has 0 aliphatic rings. The van der Waals surface area contributed by atoms with Crippen molar-refractivity contribution in [2.75, 3.05) is 5.32 Å². The molecular formula is C15H10Cl2N2O. The molecule has 0 radical (unpaired) electrons. The fourth-order valence-electron chi connectivity index (χ4n) is 2.00. The van der Waals surface area contributed by atoms with Gasteiger partial charge in [-0.3, -0.25) is 4.79 Å². The number of aromatic amines is 1. The van der Waals surface area contributed by atoms with E-state index in [1.165, 1.54) is 0 Å². The number of carbonyl (C=O) groups is 1. The highest BCUT2D eigenvalue weighted by atomic mass is 35.5. The number of aromatic nitrogens is 1. The zero-order valence-corrected chi connectivity index (χ0v) is 11.8. The second-order valence-electron chi connectivity index (χ2n) is 4.33. The van der Waals surface area contributed by atoms with Crippen LogP contribution in [0.4, 0.5) is 5.69 Å². The van der Waals surface area contributed by atoms with Gasteiger partial charge in [0.2, 0.25) is 0 Å². The van der Waals surface area contributed by atoms with E-state index in [9.17, 15) is 4.79 Å². The van der Waals surface area contributed by atoms with E-state index in [1.54, 1.807) is 24.3 Å². The summed E-state index contributed by atoms with van der Waals surface area (Å²) >= 11 is 12.1. The van der Waals surface area contributed by atoms with Crippen molar-refractivity contribution in [1.29, 1.82) is 0 Å². The summed E-state index contributed by atoms with van der Waals surface area (Å²) in [5, 5.41) is 4.53. The summed E-state index contributed by atoms with van der Waals surface area (Å²) in [7, 11) is 0. The second-order valence-corrected chi connectivity index (χ2v) is 5.14. The van der Waals surface area contributed by atoms with Crippen LogP contribution in [0, 0.1) is 0 Å². The molecule has 0 unspecified atom stereocenters. The van der Waals surface area contributed by atoms with Crippen LogP contribution in [-0.2, 0) is 0 Å². The first kappa shape index (κ1) is 13.0. The molecule has 0 spiro atoms. The second kappa shape index (κ2) is 5.19. The topological polar surface area (TPSA) is 44.9 Å². The third kappa shape index (κ3) is 2.38. The van der Waals surface area contributed by atoms with Gasteiger partial charge in [0.15, 0.2) is 0 Å². The molecule has 20 heavy (non-hydrogen) atoms. The van der Waals surface area contributed by atoms with Gasteiger partial charge in [0.05, 0.1) is 15.7 Å². The summed E-state index contributed by atoms with van der Waals surface area (Å²) in [6.45, 7) is 0. The lowest BCUT2D eigenvalue weighted by Gasteiger charge is -2.09. The standard InChI is InChI=1S/C15H10Cl2N2O/c16-11-2-1-3-12(17)14(11)19-15(20)10-4-5-13-9(8-10)6-7-18-13/h1-8,18H,(H,19,20). The molecule has 1 heterocycles. The summed E-state index contributed by atoms with van der Waals surface area (Å²) in [4.78, 5) is 15.3. The number of para-hydroxylation sites is 1. The first-order valence-corrected chi connectivity index (χ1v) is 6.73. The Kier molecular flexibility index (Phi) is 3.38. The number of benzene rings is 2. The number of fused-ring (bicyclic) bond motifs is 1. The zero-order valence-electron chi connectivity index (χ0n) is 10.3. The van der Waals surface area contributed by atoms with E-state index in [-0.39, 0.29) is 5.91 Å². The molecule has 0 aliphatic heterocycles. The van der Waals surface area contributed by atoms with Gasteiger partial charge in [0.1, 0.15) is 0 Å². The number of anilines is 1. The summed E-state index contributed by atoms with van der Waals surface area (Å²) < 4.78 is 0. The minimum absolute atomic E-state index is 0.247. The van der Waals surface area contributed by atoms with Gasteiger partial charge in [-0.05, 0) is 36.4 Å². The Morgan fingerprint density at radius 1 is 1.05 bits per heavy atom. The molecule has 2 N–H and O–H groups in total. The lowest BCUT2D eigenvalue weighted by Crippen LogP contribution is -2.12. The molecule has 3 rings (SSSR count). The van der Waals surface area contributed by atoms with Crippen molar-refractivity contribution in [3.63, 3.8) is 0 Å². The van der Waals surface area contributed by atoms with E-state index in [1.807, 2.05) is 24.4 Å². The minimum atomic E-state index is -0.247. The molecule has 0 aliphatic carbocycles. The molecule has 5 heteroatoms. The van der Waals surface area contributed by atoms with Gasteiger partial charge < -0.3 is 10.3 Å². The first-order valence-electron chi connectivity index (χ1n) is 5.97. The molecule has 0 atom stereocenters. The molecule has 0 bridgehead atoms. The van der Waals surface area contributed by atoms with Gasteiger partial charge in [-0.1, -0.05) is 29.3 Å². The molecular weight excluding hydrogens is 295 g/mol. The van der Waals surface area contributed by atoms with Gasteiger partial charge in [0.25, 0.3) is 5.91 Å². The number of hydrogen-bond donors (Lipinski definition) is 2. The van der Waals surface area contributed by atoms with Gasteiger partial charge in [-0.25, -0.2) is 0 Å². The SMILES string of the molecule is O=C(Nc1c(Cl)cccc1Cl)c1ccc2[nH]ccc2c1. The van der Waals surface area contributed by atoms with E-state index < -0.39 is 0 Å². The van der Waals surface area contributed by atoms with Crippen molar-refractivity contribution in [2.24, 2.45) is 0 Å². The molecule has 3 aromatic rings. The fourth-order valence-corrected chi connectivity index (χ4v) is 2.49. The molecule has 1 amide bonds. The number of halogens is 2. The minimum Gasteiger partial charge on any atom is -0.361 e. The monoisotopic (exact) mass is 304 g/mol. The van der Waals surface area contributed by atoms with Gasteiger partial charge in [-0.15, -0.1) is 0 Å². The van der Waals surface area contributed by atoms with Crippen LogP contribution in [0.3, 0.4) is 0 Å². The lowest BCUT2D eigenvalue weighted by atomic mass is 10.1. The van der Waals surface area contributed by atoms with E-state index in [4.69, 9.17) is 23.2 Å². The van der Waals surface area contributed by atoms with Crippen LogP contribution >= 0.6 is 23.2 Å². The smallest absolute Gasteiger partial charge is 0.255 e. The predicted molar refractivity (Wildman–Crippen MR) is 82.7 cm³/mol. The highest BCUT2D eigenvalue weighted by Gasteiger charge is 2.11. The van der Waals surface area contributed by atoms with E-state index in [0.29, 0.717) is 21.3 Å². The number of H-pyrrole nitrogens is 1. The average Bonchev–Trinajstić information content (AvgIpc) is 2.90. The number of rotatable bonds is 2. The molecule has 3 nitrogen and oxygen atoms in total. The van der Waals surface area contributed by atoms with E-state index >= 15 is 0 Å². The van der Waals surface area contributed by atoms with Crippen LogP contribution in [-0.4, -0.2) is 10.9 Å². The summed E-state index contributed by atoms with van der Waals surface area (Å²) in [5.41, 5.74) is 1.96. The van der Waals surface area contributed by atoms with Gasteiger partial charge in [-0.2, -0.15) is 0 Å². The quantitative estimate of drug-likeness (QED) is 0.706. The van der Waals surface area contributed by atoms with Crippen LogP contribution in [0.1, 0.15) is 10.4 Å². The molecule has 100 valence electrons. The largest absolute Gasteiger partial charge is 0.361 e. The van der Waals surface area contributed by atoms with Crippen molar-refractivity contribution >= 4 is 45.7 Å². The van der Waals surface area contributed by atoms with Crippen molar-refractivity contribution in [3.8, 4) is 0 Å². The molecule has 0 saturated heterocycles. The Morgan fingerprint density at radius 3 is 2.55 bits per heavy atom. The van der Waals surface area contributed by atoms with Crippen LogP contribution in [0.5, 0.6) is 0 Å². The highest BCUT2D eigenvalue weighted by molar-refractivity contribution is 6.40.